The SMILES string of the molecule is CCNCc1sc(C2CN(C)CCO2)nc1C(C)(C)C. The van der Waals surface area contributed by atoms with Crippen LogP contribution < -0.4 is 5.32 Å². The van der Waals surface area contributed by atoms with Crippen LogP contribution in [0.3, 0.4) is 0 Å². The van der Waals surface area contributed by atoms with Crippen molar-refractivity contribution >= 4 is 11.3 Å². The Labute approximate surface area is 126 Å². The Kier molecular flexibility index (Phi) is 5.18. The number of aromatic nitrogens is 1. The molecule has 0 amide bonds. The summed E-state index contributed by atoms with van der Waals surface area (Å²) >= 11 is 1.81. The molecule has 1 aromatic heterocycles. The van der Waals surface area contributed by atoms with Gasteiger partial charge in [-0.25, -0.2) is 4.98 Å². The molecule has 4 nitrogen and oxygen atoms in total. The number of ether oxygens (including phenoxy) is 1. The lowest BCUT2D eigenvalue weighted by Crippen LogP contribution is -2.35. The van der Waals surface area contributed by atoms with Crippen LogP contribution in [0.4, 0.5) is 0 Å². The van der Waals surface area contributed by atoms with Gasteiger partial charge >= 0.3 is 0 Å². The van der Waals surface area contributed by atoms with Crippen molar-refractivity contribution in [1.29, 1.82) is 0 Å². The molecule has 0 aromatic carbocycles. The van der Waals surface area contributed by atoms with Gasteiger partial charge in [-0.2, -0.15) is 0 Å². The van der Waals surface area contributed by atoms with Gasteiger partial charge in [0.1, 0.15) is 11.1 Å². The van der Waals surface area contributed by atoms with Gasteiger partial charge in [-0.1, -0.05) is 27.7 Å². The summed E-state index contributed by atoms with van der Waals surface area (Å²) in [4.78, 5) is 8.59. The zero-order valence-corrected chi connectivity index (χ0v) is 14.1. The summed E-state index contributed by atoms with van der Waals surface area (Å²) in [5.74, 6) is 0. The van der Waals surface area contributed by atoms with Gasteiger partial charge in [-0.15, -0.1) is 11.3 Å². The second kappa shape index (κ2) is 6.52. The molecule has 1 aliphatic heterocycles. The van der Waals surface area contributed by atoms with Crippen LogP contribution in [0.5, 0.6) is 0 Å². The van der Waals surface area contributed by atoms with Crippen LogP contribution in [0.2, 0.25) is 0 Å². The maximum Gasteiger partial charge on any atom is 0.123 e. The van der Waals surface area contributed by atoms with E-state index in [1.807, 2.05) is 11.3 Å². The third-order valence-electron chi connectivity index (χ3n) is 3.50. The van der Waals surface area contributed by atoms with Gasteiger partial charge in [-0.3, -0.25) is 0 Å². The lowest BCUT2D eigenvalue weighted by molar-refractivity contribution is -0.0210. The maximum atomic E-state index is 5.91. The highest BCUT2D eigenvalue weighted by atomic mass is 32.1. The predicted molar refractivity (Wildman–Crippen MR) is 84.4 cm³/mol. The Balaban J connectivity index is 2.23. The van der Waals surface area contributed by atoms with E-state index >= 15 is 0 Å². The van der Waals surface area contributed by atoms with Crippen molar-refractivity contribution in [1.82, 2.24) is 15.2 Å². The maximum absolute atomic E-state index is 5.91. The Morgan fingerprint density at radius 2 is 2.20 bits per heavy atom. The van der Waals surface area contributed by atoms with Crippen molar-refractivity contribution in [2.24, 2.45) is 0 Å². The summed E-state index contributed by atoms with van der Waals surface area (Å²) in [6.07, 6.45) is 0.134. The Hall–Kier alpha value is -0.490. The number of likely N-dealkylation sites (N-methyl/N-ethyl adjacent to an activating group) is 1. The summed E-state index contributed by atoms with van der Waals surface area (Å²) in [5.41, 5.74) is 1.30. The number of hydrogen-bond donors (Lipinski definition) is 1. The highest BCUT2D eigenvalue weighted by Gasteiger charge is 2.28. The van der Waals surface area contributed by atoms with Crippen molar-refractivity contribution in [2.45, 2.75) is 45.8 Å². The first-order chi connectivity index (χ1) is 9.41. The molecule has 1 unspecified atom stereocenters. The molecule has 0 saturated carbocycles. The van der Waals surface area contributed by atoms with Crippen LogP contribution in [-0.2, 0) is 16.7 Å². The highest BCUT2D eigenvalue weighted by molar-refractivity contribution is 7.11. The van der Waals surface area contributed by atoms with Gasteiger partial charge in [0.15, 0.2) is 0 Å². The van der Waals surface area contributed by atoms with Crippen LogP contribution in [0, 0.1) is 0 Å². The topological polar surface area (TPSA) is 37.4 Å². The minimum atomic E-state index is 0.0834. The normalized spacial score (nSPS) is 21.4. The zero-order chi connectivity index (χ0) is 14.8. The molecule has 0 radical (unpaired) electrons. The highest BCUT2D eigenvalue weighted by Crippen LogP contribution is 2.34. The molecule has 0 aliphatic carbocycles. The molecule has 1 saturated heterocycles. The summed E-state index contributed by atoms with van der Waals surface area (Å²) in [6, 6.07) is 0. The monoisotopic (exact) mass is 297 g/mol. The lowest BCUT2D eigenvalue weighted by Gasteiger charge is -2.28. The van der Waals surface area contributed by atoms with Gasteiger partial charge in [0, 0.05) is 29.9 Å². The van der Waals surface area contributed by atoms with Gasteiger partial charge in [0.25, 0.3) is 0 Å². The first-order valence-corrected chi connectivity index (χ1v) is 8.24. The number of morpholine rings is 1. The van der Waals surface area contributed by atoms with Gasteiger partial charge in [0.05, 0.1) is 12.3 Å². The van der Waals surface area contributed by atoms with Crippen molar-refractivity contribution in [3.63, 3.8) is 0 Å². The number of hydrogen-bond acceptors (Lipinski definition) is 5. The van der Waals surface area contributed by atoms with Gasteiger partial charge in [0.2, 0.25) is 0 Å². The second-order valence-electron chi connectivity index (χ2n) is 6.48. The molecule has 1 fully saturated rings. The third-order valence-corrected chi connectivity index (χ3v) is 4.65. The minimum absolute atomic E-state index is 0.0834. The molecule has 1 N–H and O–H groups in total. The lowest BCUT2D eigenvalue weighted by atomic mass is 9.91. The number of nitrogens with zero attached hydrogens (tertiary/aromatic N) is 2. The van der Waals surface area contributed by atoms with E-state index in [4.69, 9.17) is 9.72 Å². The van der Waals surface area contributed by atoms with Gasteiger partial charge in [-0.05, 0) is 13.6 Å². The second-order valence-corrected chi connectivity index (χ2v) is 7.59. The molecule has 0 bridgehead atoms. The largest absolute Gasteiger partial charge is 0.368 e. The fourth-order valence-electron chi connectivity index (χ4n) is 2.38. The standard InChI is InChI=1S/C15H27N3OS/c1-6-16-9-12-13(15(2,3)4)17-14(20-12)11-10-18(5)7-8-19-11/h11,16H,6-10H2,1-5H3. The zero-order valence-electron chi connectivity index (χ0n) is 13.3. The first kappa shape index (κ1) is 15.9. The molecule has 1 atom stereocenters. The van der Waals surface area contributed by atoms with E-state index in [0.29, 0.717) is 0 Å². The molecule has 1 aliphatic rings. The van der Waals surface area contributed by atoms with E-state index in [0.717, 1.165) is 37.8 Å². The Morgan fingerprint density at radius 1 is 1.45 bits per heavy atom. The molecule has 5 heteroatoms. The van der Waals surface area contributed by atoms with E-state index in [1.165, 1.54) is 10.6 Å². The predicted octanol–water partition coefficient (Wildman–Crippen LogP) is 2.55. The average Bonchev–Trinajstić information content (AvgIpc) is 2.80. The molecule has 2 heterocycles. The van der Waals surface area contributed by atoms with E-state index in [1.54, 1.807) is 0 Å². The number of thiazole rings is 1. The molecule has 0 spiro atoms. The quantitative estimate of drug-likeness (QED) is 0.927. The van der Waals surface area contributed by atoms with Crippen molar-refractivity contribution < 1.29 is 4.74 Å². The van der Waals surface area contributed by atoms with E-state index < -0.39 is 0 Å². The molecular formula is C15H27N3OS. The van der Waals surface area contributed by atoms with E-state index in [-0.39, 0.29) is 11.5 Å². The average molecular weight is 297 g/mol. The summed E-state index contributed by atoms with van der Waals surface area (Å²) in [5, 5.41) is 4.55. The Morgan fingerprint density at radius 3 is 2.80 bits per heavy atom. The number of rotatable bonds is 4. The van der Waals surface area contributed by atoms with Crippen LogP contribution in [0.25, 0.3) is 0 Å². The number of nitrogens with one attached hydrogen (secondary N) is 1. The van der Waals surface area contributed by atoms with Crippen LogP contribution in [0.1, 0.15) is 49.4 Å². The molecule has 1 aromatic rings. The Bertz CT molecular complexity index is 439. The minimum Gasteiger partial charge on any atom is -0.368 e. The van der Waals surface area contributed by atoms with E-state index in [9.17, 15) is 0 Å². The molecule has 2 rings (SSSR count). The fourth-order valence-corrected chi connectivity index (χ4v) is 3.67. The fraction of sp³-hybridized carbons (Fsp3) is 0.800. The van der Waals surface area contributed by atoms with Crippen molar-refractivity contribution in [3.8, 4) is 0 Å². The van der Waals surface area contributed by atoms with Crippen LogP contribution in [-0.4, -0.2) is 43.2 Å². The first-order valence-electron chi connectivity index (χ1n) is 7.42. The third kappa shape index (κ3) is 3.79. The summed E-state index contributed by atoms with van der Waals surface area (Å²) in [6.45, 7) is 13.5. The van der Waals surface area contributed by atoms with Crippen molar-refractivity contribution in [3.05, 3.63) is 15.6 Å². The molecule has 114 valence electrons. The molecular weight excluding hydrogens is 270 g/mol. The van der Waals surface area contributed by atoms with Gasteiger partial charge < -0.3 is 15.0 Å². The van der Waals surface area contributed by atoms with Crippen LogP contribution >= 0.6 is 11.3 Å². The summed E-state index contributed by atoms with van der Waals surface area (Å²) < 4.78 is 5.91. The smallest absolute Gasteiger partial charge is 0.123 e. The van der Waals surface area contributed by atoms with Crippen molar-refractivity contribution in [2.75, 3.05) is 33.3 Å². The molecule has 20 heavy (non-hydrogen) atoms. The summed E-state index contributed by atoms with van der Waals surface area (Å²) in [7, 11) is 2.15. The van der Waals surface area contributed by atoms with E-state index in [2.05, 4.69) is 45.0 Å². The van der Waals surface area contributed by atoms with Crippen LogP contribution in [0.15, 0.2) is 0 Å².